The summed E-state index contributed by atoms with van der Waals surface area (Å²) in [5.41, 5.74) is 0.227. The molecule has 0 amide bonds. The third-order valence-corrected chi connectivity index (χ3v) is 2.29. The van der Waals surface area contributed by atoms with Crippen LogP contribution in [0.1, 0.15) is 12.8 Å². The van der Waals surface area contributed by atoms with Gasteiger partial charge < -0.3 is 10.4 Å². The Hall–Kier alpha value is -0.480. The van der Waals surface area contributed by atoms with Gasteiger partial charge in [0.05, 0.1) is 0 Å². The molecule has 0 rings (SSSR count). The Labute approximate surface area is 83.6 Å². The molecule has 0 fully saturated rings. The van der Waals surface area contributed by atoms with Gasteiger partial charge in [-0.05, 0) is 31.4 Å². The summed E-state index contributed by atoms with van der Waals surface area (Å²) in [7, 11) is 0. The van der Waals surface area contributed by atoms with E-state index in [4.69, 9.17) is 5.11 Å². The highest BCUT2D eigenvalue weighted by Gasteiger charge is 2.01. The van der Waals surface area contributed by atoms with Crippen molar-refractivity contribution >= 4 is 17.7 Å². The van der Waals surface area contributed by atoms with E-state index in [1.54, 1.807) is 0 Å². The van der Waals surface area contributed by atoms with Crippen molar-refractivity contribution in [3.05, 3.63) is 12.2 Å². The summed E-state index contributed by atoms with van der Waals surface area (Å²) >= 11 is 1.83. The second-order valence-corrected chi connectivity index (χ2v) is 3.77. The predicted molar refractivity (Wildman–Crippen MR) is 57.3 cm³/mol. The van der Waals surface area contributed by atoms with Crippen LogP contribution >= 0.6 is 11.8 Å². The molecular weight excluding hydrogens is 186 g/mol. The molecule has 0 bridgehead atoms. The molecule has 76 valence electrons. The van der Waals surface area contributed by atoms with Crippen molar-refractivity contribution < 1.29 is 9.90 Å². The van der Waals surface area contributed by atoms with E-state index in [9.17, 15) is 4.79 Å². The molecule has 4 heteroatoms. The van der Waals surface area contributed by atoms with Crippen LogP contribution in [0.5, 0.6) is 0 Å². The topological polar surface area (TPSA) is 49.3 Å². The number of nitrogens with one attached hydrogen (secondary N) is 1. The molecule has 0 aliphatic carbocycles. The van der Waals surface area contributed by atoms with E-state index in [0.29, 0.717) is 6.54 Å². The van der Waals surface area contributed by atoms with Crippen molar-refractivity contribution in [1.29, 1.82) is 0 Å². The lowest BCUT2D eigenvalue weighted by atomic mass is 10.3. The molecule has 0 saturated carbocycles. The van der Waals surface area contributed by atoms with Crippen LogP contribution in [0.3, 0.4) is 0 Å². The number of thioether (sulfide) groups is 1. The van der Waals surface area contributed by atoms with Crippen LogP contribution < -0.4 is 5.32 Å². The summed E-state index contributed by atoms with van der Waals surface area (Å²) in [5.74, 6) is 0.248. The van der Waals surface area contributed by atoms with E-state index in [2.05, 4.69) is 18.2 Å². The van der Waals surface area contributed by atoms with Crippen LogP contribution in [0.2, 0.25) is 0 Å². The third-order valence-electron chi connectivity index (χ3n) is 1.59. The molecule has 0 aromatic rings. The third kappa shape index (κ3) is 7.87. The van der Waals surface area contributed by atoms with Gasteiger partial charge in [0.2, 0.25) is 0 Å². The Morgan fingerprint density at radius 2 is 2.23 bits per heavy atom. The Balaban J connectivity index is 3.16. The lowest BCUT2D eigenvalue weighted by molar-refractivity contribution is -0.132. The summed E-state index contributed by atoms with van der Waals surface area (Å²) in [4.78, 5) is 10.3. The zero-order valence-corrected chi connectivity index (χ0v) is 8.82. The van der Waals surface area contributed by atoms with Crippen LogP contribution in [-0.4, -0.2) is 36.2 Å². The highest BCUT2D eigenvalue weighted by molar-refractivity contribution is 7.98. The number of hydrogen-bond donors (Lipinski definition) is 2. The average Bonchev–Trinajstić information content (AvgIpc) is 2.10. The lowest BCUT2D eigenvalue weighted by Crippen LogP contribution is -2.21. The van der Waals surface area contributed by atoms with E-state index in [1.807, 2.05) is 11.8 Å². The molecule has 0 aliphatic rings. The number of carboxylic acids is 1. The maximum absolute atomic E-state index is 10.3. The summed E-state index contributed by atoms with van der Waals surface area (Å²) in [6.07, 6.45) is 4.35. The normalized spacial score (nSPS) is 9.92. The number of hydrogen-bond acceptors (Lipinski definition) is 3. The molecule has 13 heavy (non-hydrogen) atoms. The summed E-state index contributed by atoms with van der Waals surface area (Å²) < 4.78 is 0. The van der Waals surface area contributed by atoms with E-state index in [0.717, 1.165) is 13.0 Å². The largest absolute Gasteiger partial charge is 0.478 e. The van der Waals surface area contributed by atoms with E-state index in [1.165, 1.54) is 12.2 Å². The van der Waals surface area contributed by atoms with Crippen molar-refractivity contribution in [2.75, 3.05) is 25.1 Å². The van der Waals surface area contributed by atoms with E-state index < -0.39 is 5.97 Å². The summed E-state index contributed by atoms with van der Waals surface area (Å²) in [6, 6.07) is 0. The van der Waals surface area contributed by atoms with Gasteiger partial charge in [0.25, 0.3) is 0 Å². The maximum Gasteiger partial charge on any atom is 0.332 e. The zero-order chi connectivity index (χ0) is 10.1. The second-order valence-electron chi connectivity index (χ2n) is 2.79. The van der Waals surface area contributed by atoms with Gasteiger partial charge >= 0.3 is 5.97 Å². The highest BCUT2D eigenvalue weighted by Crippen LogP contribution is 1.97. The molecule has 0 aromatic heterocycles. The number of carboxylic acid groups (broad SMARTS) is 1. The molecule has 3 nitrogen and oxygen atoms in total. The van der Waals surface area contributed by atoms with Crippen LogP contribution in [0.25, 0.3) is 0 Å². The maximum atomic E-state index is 10.3. The van der Waals surface area contributed by atoms with Crippen molar-refractivity contribution in [2.24, 2.45) is 0 Å². The van der Waals surface area contributed by atoms with E-state index >= 15 is 0 Å². The minimum atomic E-state index is -0.920. The minimum absolute atomic E-state index is 0.227. The monoisotopic (exact) mass is 203 g/mol. The van der Waals surface area contributed by atoms with Gasteiger partial charge in [0, 0.05) is 12.1 Å². The van der Waals surface area contributed by atoms with Crippen molar-refractivity contribution in [2.45, 2.75) is 12.8 Å². The lowest BCUT2D eigenvalue weighted by Gasteiger charge is -2.03. The number of unbranched alkanes of at least 4 members (excludes halogenated alkanes) is 1. The Kier molecular flexibility index (Phi) is 7.83. The number of aliphatic carboxylic acids is 1. The molecular formula is C9H17NO2S. The molecule has 0 atom stereocenters. The van der Waals surface area contributed by atoms with Gasteiger partial charge in [-0.15, -0.1) is 0 Å². The first-order chi connectivity index (χ1) is 6.18. The van der Waals surface area contributed by atoms with Crippen molar-refractivity contribution in [1.82, 2.24) is 5.32 Å². The molecule has 0 aliphatic heterocycles. The van der Waals surface area contributed by atoms with Crippen LogP contribution in [0, 0.1) is 0 Å². The van der Waals surface area contributed by atoms with Gasteiger partial charge in [0.15, 0.2) is 0 Å². The molecule has 2 N–H and O–H groups in total. The Morgan fingerprint density at radius 1 is 1.54 bits per heavy atom. The molecule has 0 unspecified atom stereocenters. The molecule has 0 spiro atoms. The van der Waals surface area contributed by atoms with Crippen LogP contribution in [0.4, 0.5) is 0 Å². The average molecular weight is 203 g/mol. The van der Waals surface area contributed by atoms with Gasteiger partial charge in [-0.2, -0.15) is 11.8 Å². The number of carbonyl (C=O) groups is 1. The predicted octanol–water partition coefficient (Wildman–Crippen LogP) is 1.36. The van der Waals surface area contributed by atoms with Gasteiger partial charge in [-0.3, -0.25) is 0 Å². The minimum Gasteiger partial charge on any atom is -0.478 e. The number of rotatable bonds is 8. The van der Waals surface area contributed by atoms with Gasteiger partial charge in [-0.25, -0.2) is 4.79 Å². The fourth-order valence-corrected chi connectivity index (χ4v) is 1.30. The quantitative estimate of drug-likeness (QED) is 0.462. The summed E-state index contributed by atoms with van der Waals surface area (Å²) in [5, 5.41) is 11.5. The molecule has 0 heterocycles. The smallest absolute Gasteiger partial charge is 0.332 e. The fourth-order valence-electron chi connectivity index (χ4n) is 0.811. The highest BCUT2D eigenvalue weighted by atomic mass is 32.2. The first-order valence-corrected chi connectivity index (χ1v) is 5.68. The fraction of sp³-hybridized carbons (Fsp3) is 0.667. The SMILES string of the molecule is C=C(CNCCCCSC)C(=O)O. The second kappa shape index (κ2) is 8.13. The van der Waals surface area contributed by atoms with E-state index in [-0.39, 0.29) is 5.57 Å². The standard InChI is InChI=1S/C9H17NO2S/c1-8(9(11)12)7-10-5-3-4-6-13-2/h10H,1,3-7H2,2H3,(H,11,12). The van der Waals surface area contributed by atoms with Gasteiger partial charge in [-0.1, -0.05) is 6.58 Å². The van der Waals surface area contributed by atoms with Crippen LogP contribution in [0.15, 0.2) is 12.2 Å². The molecule has 0 radical (unpaired) electrons. The molecule has 0 saturated heterocycles. The Morgan fingerprint density at radius 3 is 2.77 bits per heavy atom. The summed E-state index contributed by atoms with van der Waals surface area (Å²) in [6.45, 7) is 4.67. The van der Waals surface area contributed by atoms with Crippen molar-refractivity contribution in [3.63, 3.8) is 0 Å². The Bertz CT molecular complexity index is 171. The molecule has 0 aromatic carbocycles. The van der Waals surface area contributed by atoms with Crippen LogP contribution in [-0.2, 0) is 4.79 Å². The zero-order valence-electron chi connectivity index (χ0n) is 8.01. The van der Waals surface area contributed by atoms with Crippen molar-refractivity contribution in [3.8, 4) is 0 Å². The first kappa shape index (κ1) is 12.5. The van der Waals surface area contributed by atoms with Gasteiger partial charge in [0.1, 0.15) is 0 Å². The first-order valence-electron chi connectivity index (χ1n) is 4.29.